The molecule has 1 aliphatic heterocycles. The van der Waals surface area contributed by atoms with Crippen LogP contribution in [0, 0.1) is 17.8 Å². The van der Waals surface area contributed by atoms with E-state index in [2.05, 4.69) is 17.1 Å². The Kier molecular flexibility index (Phi) is 7.49. The predicted molar refractivity (Wildman–Crippen MR) is 134 cm³/mol. The van der Waals surface area contributed by atoms with Gasteiger partial charge in [0, 0.05) is 30.4 Å². The van der Waals surface area contributed by atoms with Gasteiger partial charge < -0.3 is 10.2 Å². The first kappa shape index (κ1) is 25.7. The number of halogens is 4. The van der Waals surface area contributed by atoms with Crippen LogP contribution in [0.5, 0.6) is 0 Å². The fourth-order valence-corrected chi connectivity index (χ4v) is 8.16. The predicted octanol–water partition coefficient (Wildman–Crippen LogP) is 6.61. The van der Waals surface area contributed by atoms with Gasteiger partial charge in [-0.15, -0.1) is 12.4 Å². The van der Waals surface area contributed by atoms with Crippen molar-refractivity contribution in [3.8, 4) is 0 Å². The number of carbonyl (C=O) groups excluding carboxylic acids is 1. The van der Waals surface area contributed by atoms with Gasteiger partial charge in [0.1, 0.15) is 0 Å². The number of hydrogen-bond donors (Lipinski definition) is 1. The standard InChI is InChI=1S/C25H32F3N3OS.ClH/c1-2-7-31-21(11-22(32)29-20-5-3-19(4-6-20)25(26,27)28)15-33-23(31)30-24-12-16-8-17(13-24)10-18(9-16)14-24;/h3-6,16-18,21H,2,7-15H2,1H3,(H,29,32);1H/b30-23-;. The summed E-state index contributed by atoms with van der Waals surface area (Å²) in [6, 6.07) is 4.69. The Morgan fingerprint density at radius 2 is 1.71 bits per heavy atom. The van der Waals surface area contributed by atoms with Crippen molar-refractivity contribution in [2.75, 3.05) is 17.6 Å². The third-order valence-corrected chi connectivity index (χ3v) is 8.95. The van der Waals surface area contributed by atoms with Crippen LogP contribution < -0.4 is 5.32 Å². The average molecular weight is 516 g/mol. The van der Waals surface area contributed by atoms with E-state index in [1.165, 1.54) is 50.7 Å². The summed E-state index contributed by atoms with van der Waals surface area (Å²) in [5.41, 5.74) is -0.212. The number of hydrogen-bond acceptors (Lipinski definition) is 3. The first-order chi connectivity index (χ1) is 15.7. The molecule has 1 heterocycles. The van der Waals surface area contributed by atoms with E-state index in [-0.39, 0.29) is 29.9 Å². The molecule has 4 aliphatic carbocycles. The highest BCUT2D eigenvalue weighted by Gasteiger charge is 2.51. The van der Waals surface area contributed by atoms with Crippen molar-refractivity contribution in [1.29, 1.82) is 0 Å². The first-order valence-corrected chi connectivity index (χ1v) is 13.2. The number of thioether (sulfide) groups is 1. The number of aliphatic imine (C=N–C) groups is 1. The van der Waals surface area contributed by atoms with Gasteiger partial charge in [-0.1, -0.05) is 18.7 Å². The van der Waals surface area contributed by atoms with E-state index in [4.69, 9.17) is 4.99 Å². The second-order valence-electron chi connectivity index (χ2n) is 10.5. The van der Waals surface area contributed by atoms with Gasteiger partial charge >= 0.3 is 6.18 Å². The van der Waals surface area contributed by atoms with Gasteiger partial charge in [0.05, 0.1) is 11.1 Å². The molecule has 4 nitrogen and oxygen atoms in total. The van der Waals surface area contributed by atoms with Gasteiger partial charge in [-0.05, 0) is 87.0 Å². The summed E-state index contributed by atoms with van der Waals surface area (Å²) in [4.78, 5) is 20.4. The van der Waals surface area contributed by atoms with Gasteiger partial charge in [-0.25, -0.2) is 0 Å². The minimum atomic E-state index is -4.38. The lowest BCUT2D eigenvalue weighted by Gasteiger charge is -2.55. The van der Waals surface area contributed by atoms with E-state index in [1.807, 2.05) is 0 Å². The number of alkyl halides is 3. The Morgan fingerprint density at radius 1 is 1.12 bits per heavy atom. The van der Waals surface area contributed by atoms with Gasteiger partial charge in [-0.2, -0.15) is 13.2 Å². The molecule has 4 saturated carbocycles. The summed E-state index contributed by atoms with van der Waals surface area (Å²) in [6.45, 7) is 3.01. The smallest absolute Gasteiger partial charge is 0.347 e. The molecule has 0 radical (unpaired) electrons. The van der Waals surface area contributed by atoms with Gasteiger partial charge in [0.25, 0.3) is 0 Å². The Morgan fingerprint density at radius 3 is 2.24 bits per heavy atom. The summed E-state index contributed by atoms with van der Waals surface area (Å²) < 4.78 is 38.3. The number of nitrogens with one attached hydrogen (secondary N) is 1. The third-order valence-electron chi connectivity index (χ3n) is 7.81. The van der Waals surface area contributed by atoms with E-state index in [0.717, 1.165) is 53.8 Å². The van der Waals surface area contributed by atoms with Crippen LogP contribution in [0.25, 0.3) is 0 Å². The molecule has 188 valence electrons. The fourth-order valence-electron chi connectivity index (χ4n) is 6.86. The Labute approximate surface area is 209 Å². The van der Waals surface area contributed by atoms with Crippen molar-refractivity contribution < 1.29 is 18.0 Å². The molecule has 34 heavy (non-hydrogen) atoms. The van der Waals surface area contributed by atoms with E-state index in [0.29, 0.717) is 12.1 Å². The summed E-state index contributed by atoms with van der Waals surface area (Å²) in [5, 5.41) is 3.87. The molecule has 1 unspecified atom stereocenters. The van der Waals surface area contributed by atoms with Crippen LogP contribution in [0.3, 0.4) is 0 Å². The lowest BCUT2D eigenvalue weighted by molar-refractivity contribution is -0.137. The normalized spacial score (nSPS) is 33.3. The maximum absolute atomic E-state index is 12.8. The molecule has 1 N–H and O–H groups in total. The lowest BCUT2D eigenvalue weighted by atomic mass is 9.53. The zero-order chi connectivity index (χ0) is 23.2. The van der Waals surface area contributed by atoms with Crippen LogP contribution in [-0.2, 0) is 11.0 Å². The third kappa shape index (κ3) is 5.38. The molecule has 1 aromatic carbocycles. The fraction of sp³-hybridized carbons (Fsp3) is 0.680. The number of nitrogens with zero attached hydrogens (tertiary/aromatic N) is 2. The topological polar surface area (TPSA) is 44.7 Å². The maximum atomic E-state index is 12.8. The number of carbonyl (C=O) groups is 1. The number of rotatable bonds is 6. The van der Waals surface area contributed by atoms with Crippen molar-refractivity contribution >= 4 is 40.9 Å². The summed E-state index contributed by atoms with van der Waals surface area (Å²) in [7, 11) is 0. The quantitative estimate of drug-likeness (QED) is 0.463. The minimum Gasteiger partial charge on any atom is -0.347 e. The highest BCUT2D eigenvalue weighted by Crippen LogP contribution is 2.57. The molecule has 1 atom stereocenters. The average Bonchev–Trinajstić information content (AvgIpc) is 3.07. The van der Waals surface area contributed by atoms with Crippen LogP contribution in [0.2, 0.25) is 0 Å². The number of amides is 1. The molecule has 5 fully saturated rings. The van der Waals surface area contributed by atoms with Crippen LogP contribution >= 0.6 is 24.2 Å². The van der Waals surface area contributed by atoms with Crippen molar-refractivity contribution in [1.82, 2.24) is 4.90 Å². The molecule has 1 aromatic rings. The molecule has 9 heteroatoms. The van der Waals surface area contributed by atoms with Crippen molar-refractivity contribution in [3.05, 3.63) is 29.8 Å². The van der Waals surface area contributed by atoms with Crippen molar-refractivity contribution in [2.24, 2.45) is 22.7 Å². The van der Waals surface area contributed by atoms with E-state index in [9.17, 15) is 18.0 Å². The zero-order valence-corrected chi connectivity index (χ0v) is 21.1. The van der Waals surface area contributed by atoms with Gasteiger partial charge in [0.15, 0.2) is 5.17 Å². The molecule has 0 spiro atoms. The zero-order valence-electron chi connectivity index (χ0n) is 19.4. The molecule has 6 rings (SSSR count). The number of amidine groups is 1. The molecule has 1 amide bonds. The molecular formula is C25H33ClF3N3OS. The van der Waals surface area contributed by atoms with E-state index >= 15 is 0 Å². The highest BCUT2D eigenvalue weighted by atomic mass is 35.5. The summed E-state index contributed by atoms with van der Waals surface area (Å²) in [5.74, 6) is 3.19. The molecule has 1 saturated heterocycles. The second-order valence-corrected chi connectivity index (χ2v) is 11.5. The van der Waals surface area contributed by atoms with E-state index < -0.39 is 11.7 Å². The van der Waals surface area contributed by atoms with Crippen molar-refractivity contribution in [2.45, 2.75) is 76.0 Å². The van der Waals surface area contributed by atoms with Crippen LogP contribution in [0.4, 0.5) is 18.9 Å². The monoisotopic (exact) mass is 515 g/mol. The summed E-state index contributed by atoms with van der Waals surface area (Å²) >= 11 is 1.77. The number of anilines is 1. The van der Waals surface area contributed by atoms with Crippen LogP contribution in [0.1, 0.15) is 63.9 Å². The van der Waals surface area contributed by atoms with E-state index in [1.54, 1.807) is 11.8 Å². The van der Waals surface area contributed by atoms with Crippen LogP contribution in [0.15, 0.2) is 29.3 Å². The molecule has 5 aliphatic rings. The number of benzene rings is 1. The highest BCUT2D eigenvalue weighted by molar-refractivity contribution is 8.14. The Balaban J connectivity index is 0.00000274. The molecule has 4 bridgehead atoms. The summed E-state index contributed by atoms with van der Waals surface area (Å²) in [6.07, 6.45) is 4.77. The second kappa shape index (κ2) is 9.92. The Hall–Kier alpha value is -1.41. The largest absolute Gasteiger partial charge is 0.416 e. The lowest BCUT2D eigenvalue weighted by Crippen LogP contribution is -2.50. The molecule has 0 aromatic heterocycles. The van der Waals surface area contributed by atoms with Gasteiger partial charge in [-0.3, -0.25) is 9.79 Å². The van der Waals surface area contributed by atoms with Gasteiger partial charge in [0.2, 0.25) is 5.91 Å². The minimum absolute atomic E-state index is 0. The van der Waals surface area contributed by atoms with Crippen molar-refractivity contribution in [3.63, 3.8) is 0 Å². The molecular weight excluding hydrogens is 483 g/mol. The Bertz CT molecular complexity index is 886. The maximum Gasteiger partial charge on any atom is 0.416 e. The van der Waals surface area contributed by atoms with Crippen LogP contribution in [-0.4, -0.2) is 39.9 Å². The SMILES string of the molecule is CCCN1/C(=N/C23CC4CC(CC(C4)C2)C3)SCC1CC(=O)Nc1ccc(C(F)(F)F)cc1.Cl. The first-order valence-electron chi connectivity index (χ1n) is 12.2.